The molecule has 1 aliphatic rings. The van der Waals surface area contributed by atoms with E-state index in [1.165, 1.54) is 0 Å². The lowest BCUT2D eigenvalue weighted by molar-refractivity contribution is -0.148. The van der Waals surface area contributed by atoms with Gasteiger partial charge in [-0.15, -0.1) is 0 Å². The number of aliphatic carboxylic acids is 1. The van der Waals surface area contributed by atoms with E-state index in [9.17, 15) is 9.90 Å². The maximum absolute atomic E-state index is 11.6. The summed E-state index contributed by atoms with van der Waals surface area (Å²) in [4.78, 5) is 15.8. The zero-order valence-corrected chi connectivity index (χ0v) is 10.4. The largest absolute Gasteiger partial charge is 0.479 e. The van der Waals surface area contributed by atoms with Crippen molar-refractivity contribution < 1.29 is 9.90 Å². The van der Waals surface area contributed by atoms with Gasteiger partial charge in [0.1, 0.15) is 5.54 Å². The molecular formula is C11H16N2O2S. The Labute approximate surface area is 99.1 Å². The number of aromatic nitrogens is 2. The van der Waals surface area contributed by atoms with E-state index >= 15 is 0 Å². The second-order valence-corrected chi connectivity index (χ2v) is 5.46. The number of thioether (sulfide) groups is 1. The lowest BCUT2D eigenvalue weighted by Gasteiger charge is -2.35. The fourth-order valence-corrected chi connectivity index (χ4v) is 3.37. The first kappa shape index (κ1) is 11.5. The van der Waals surface area contributed by atoms with Crippen LogP contribution in [0.1, 0.15) is 24.2 Å². The number of hydrogen-bond donors (Lipinski definition) is 1. The molecule has 0 radical (unpaired) electrons. The van der Waals surface area contributed by atoms with E-state index < -0.39 is 11.5 Å². The van der Waals surface area contributed by atoms with E-state index in [1.807, 2.05) is 30.2 Å². The van der Waals surface area contributed by atoms with Gasteiger partial charge in [0.15, 0.2) is 0 Å². The standard InChI is InChI=1S/C11H16N2O2S/c1-8-9(2)13(7-12-8)11(10(14)15)3-5-16-6-4-11/h7H,3-6H2,1-2H3,(H,14,15). The van der Waals surface area contributed by atoms with Crippen molar-refractivity contribution in [2.75, 3.05) is 11.5 Å². The summed E-state index contributed by atoms with van der Waals surface area (Å²) in [5, 5.41) is 9.52. The van der Waals surface area contributed by atoms with Gasteiger partial charge < -0.3 is 9.67 Å². The van der Waals surface area contributed by atoms with Crippen LogP contribution in [0.15, 0.2) is 6.33 Å². The van der Waals surface area contributed by atoms with Gasteiger partial charge in [-0.25, -0.2) is 9.78 Å². The molecule has 1 N–H and O–H groups in total. The number of imidazole rings is 1. The van der Waals surface area contributed by atoms with E-state index in [2.05, 4.69) is 4.98 Å². The van der Waals surface area contributed by atoms with E-state index in [-0.39, 0.29) is 0 Å². The zero-order valence-electron chi connectivity index (χ0n) is 9.56. The van der Waals surface area contributed by atoms with Gasteiger partial charge in [-0.05, 0) is 38.2 Å². The molecule has 1 saturated heterocycles. The van der Waals surface area contributed by atoms with Crippen LogP contribution in [-0.4, -0.2) is 32.1 Å². The molecule has 0 atom stereocenters. The first-order valence-electron chi connectivity index (χ1n) is 5.40. The second-order valence-electron chi connectivity index (χ2n) is 4.23. The molecule has 2 rings (SSSR count). The number of nitrogens with zero attached hydrogens (tertiary/aromatic N) is 2. The Morgan fingerprint density at radius 1 is 1.50 bits per heavy atom. The zero-order chi connectivity index (χ0) is 11.8. The predicted octanol–water partition coefficient (Wildman–Crippen LogP) is 1.81. The van der Waals surface area contributed by atoms with E-state index in [0.29, 0.717) is 12.8 Å². The third kappa shape index (κ3) is 1.63. The summed E-state index contributed by atoms with van der Waals surface area (Å²) >= 11 is 1.82. The summed E-state index contributed by atoms with van der Waals surface area (Å²) < 4.78 is 1.85. The molecule has 5 heteroatoms. The average Bonchev–Trinajstić information content (AvgIpc) is 2.61. The molecule has 16 heavy (non-hydrogen) atoms. The lowest BCUT2D eigenvalue weighted by atomic mass is 9.91. The highest BCUT2D eigenvalue weighted by molar-refractivity contribution is 7.99. The summed E-state index contributed by atoms with van der Waals surface area (Å²) in [5.41, 5.74) is 1.12. The van der Waals surface area contributed by atoms with Crippen molar-refractivity contribution >= 4 is 17.7 Å². The third-order valence-electron chi connectivity index (χ3n) is 3.43. The number of rotatable bonds is 2. The highest BCUT2D eigenvalue weighted by Gasteiger charge is 2.42. The summed E-state index contributed by atoms with van der Waals surface area (Å²) in [6.07, 6.45) is 3.04. The van der Waals surface area contributed by atoms with Gasteiger partial charge in [-0.2, -0.15) is 11.8 Å². The molecule has 1 aromatic heterocycles. The van der Waals surface area contributed by atoms with Crippen LogP contribution in [0.2, 0.25) is 0 Å². The molecule has 0 saturated carbocycles. The normalized spacial score (nSPS) is 19.6. The van der Waals surface area contributed by atoms with E-state index in [0.717, 1.165) is 22.9 Å². The Kier molecular flexibility index (Phi) is 2.97. The Hall–Kier alpha value is -0.970. The van der Waals surface area contributed by atoms with Crippen LogP contribution >= 0.6 is 11.8 Å². The van der Waals surface area contributed by atoms with Crippen LogP contribution in [0.4, 0.5) is 0 Å². The average molecular weight is 240 g/mol. The molecule has 0 aliphatic carbocycles. The summed E-state index contributed by atoms with van der Waals surface area (Å²) in [6.45, 7) is 3.85. The fraction of sp³-hybridized carbons (Fsp3) is 0.636. The molecule has 2 heterocycles. The SMILES string of the molecule is Cc1ncn(C2(C(=O)O)CCSCC2)c1C. The van der Waals surface area contributed by atoms with Gasteiger partial charge in [0.05, 0.1) is 12.0 Å². The minimum atomic E-state index is -0.767. The maximum Gasteiger partial charge on any atom is 0.329 e. The number of aryl methyl sites for hydroxylation is 1. The van der Waals surface area contributed by atoms with Crippen molar-refractivity contribution in [3.8, 4) is 0 Å². The molecule has 0 unspecified atom stereocenters. The number of hydrogen-bond acceptors (Lipinski definition) is 3. The van der Waals surface area contributed by atoms with Gasteiger partial charge in [-0.3, -0.25) is 0 Å². The van der Waals surface area contributed by atoms with Crippen molar-refractivity contribution in [1.82, 2.24) is 9.55 Å². The van der Waals surface area contributed by atoms with Crippen molar-refractivity contribution in [3.63, 3.8) is 0 Å². The first-order chi connectivity index (χ1) is 7.58. The second kappa shape index (κ2) is 4.13. The smallest absolute Gasteiger partial charge is 0.329 e. The first-order valence-corrected chi connectivity index (χ1v) is 6.55. The van der Waals surface area contributed by atoms with E-state index in [1.54, 1.807) is 6.33 Å². The molecule has 0 aromatic carbocycles. The number of carboxylic acid groups (broad SMARTS) is 1. The van der Waals surface area contributed by atoms with Crippen LogP contribution in [0.3, 0.4) is 0 Å². The molecule has 0 bridgehead atoms. The Bertz CT molecular complexity index is 408. The predicted molar refractivity (Wildman–Crippen MR) is 63.9 cm³/mol. The topological polar surface area (TPSA) is 55.1 Å². The molecule has 88 valence electrons. The van der Waals surface area contributed by atoms with Crippen molar-refractivity contribution in [2.45, 2.75) is 32.2 Å². The molecule has 1 fully saturated rings. The van der Waals surface area contributed by atoms with Gasteiger partial charge in [0.2, 0.25) is 0 Å². The Morgan fingerprint density at radius 2 is 2.12 bits per heavy atom. The molecule has 0 spiro atoms. The molecule has 1 aromatic rings. The van der Waals surface area contributed by atoms with E-state index in [4.69, 9.17) is 0 Å². The monoisotopic (exact) mass is 240 g/mol. The number of carboxylic acids is 1. The number of carbonyl (C=O) groups is 1. The van der Waals surface area contributed by atoms with Gasteiger partial charge in [0, 0.05) is 5.69 Å². The fourth-order valence-electron chi connectivity index (χ4n) is 2.20. The van der Waals surface area contributed by atoms with Gasteiger partial charge >= 0.3 is 5.97 Å². The molecule has 4 nitrogen and oxygen atoms in total. The summed E-state index contributed by atoms with van der Waals surface area (Å²) in [7, 11) is 0. The third-order valence-corrected chi connectivity index (χ3v) is 4.42. The van der Waals surface area contributed by atoms with Gasteiger partial charge in [-0.1, -0.05) is 0 Å². The van der Waals surface area contributed by atoms with Crippen molar-refractivity contribution in [2.24, 2.45) is 0 Å². The van der Waals surface area contributed by atoms with Gasteiger partial charge in [0.25, 0.3) is 0 Å². The molecule has 1 aliphatic heterocycles. The van der Waals surface area contributed by atoms with Crippen molar-refractivity contribution in [3.05, 3.63) is 17.7 Å². The quantitative estimate of drug-likeness (QED) is 0.856. The Balaban J connectivity index is 2.47. The summed E-state index contributed by atoms with van der Waals surface area (Å²) in [5.74, 6) is 1.08. The van der Waals surface area contributed by atoms with Crippen LogP contribution in [0.25, 0.3) is 0 Å². The van der Waals surface area contributed by atoms with Crippen LogP contribution in [0.5, 0.6) is 0 Å². The Morgan fingerprint density at radius 3 is 2.56 bits per heavy atom. The van der Waals surface area contributed by atoms with Crippen LogP contribution < -0.4 is 0 Å². The highest BCUT2D eigenvalue weighted by Crippen LogP contribution is 2.35. The maximum atomic E-state index is 11.6. The summed E-state index contributed by atoms with van der Waals surface area (Å²) in [6, 6.07) is 0. The minimum absolute atomic E-state index is 0.684. The van der Waals surface area contributed by atoms with Crippen LogP contribution in [0, 0.1) is 13.8 Å². The van der Waals surface area contributed by atoms with Crippen molar-refractivity contribution in [1.29, 1.82) is 0 Å². The lowest BCUT2D eigenvalue weighted by Crippen LogP contribution is -2.45. The molecular weight excluding hydrogens is 224 g/mol. The highest BCUT2D eigenvalue weighted by atomic mass is 32.2. The van der Waals surface area contributed by atoms with Crippen LogP contribution in [-0.2, 0) is 10.3 Å². The minimum Gasteiger partial charge on any atom is -0.479 e. The molecule has 0 amide bonds.